The smallest absolute Gasteiger partial charge is 0.297 e. The molecule has 3 aromatic rings. The molecule has 6 nitrogen and oxygen atoms in total. The number of aryl methyl sites for hydroxylation is 2. The molecule has 3 rings (SSSR count). The Kier molecular flexibility index (Phi) is 5.06. The molecule has 2 aromatic heterocycles. The van der Waals surface area contributed by atoms with Crippen LogP contribution in [0.15, 0.2) is 35.5 Å². The van der Waals surface area contributed by atoms with Gasteiger partial charge in [0, 0.05) is 31.6 Å². The number of thiazole rings is 1. The number of fused-ring (bicyclic) bond motifs is 1. The van der Waals surface area contributed by atoms with E-state index in [1.165, 1.54) is 16.0 Å². The number of hydrogen-bond donors (Lipinski definition) is 0. The van der Waals surface area contributed by atoms with Crippen LogP contribution in [0, 0.1) is 0 Å². The summed E-state index contributed by atoms with van der Waals surface area (Å²) in [4.78, 5) is 17.5. The normalized spacial score (nSPS) is 12.0. The summed E-state index contributed by atoms with van der Waals surface area (Å²) in [5.41, 5.74) is 1.51. The van der Waals surface area contributed by atoms with E-state index in [0.717, 1.165) is 28.3 Å². The Labute approximate surface area is 147 Å². The first-order chi connectivity index (χ1) is 11.6. The van der Waals surface area contributed by atoms with E-state index in [0.29, 0.717) is 10.5 Å². The number of aromatic nitrogens is 3. The Morgan fingerprint density at radius 3 is 2.92 bits per heavy atom. The van der Waals surface area contributed by atoms with Crippen molar-refractivity contribution in [3.8, 4) is 5.75 Å². The molecule has 0 aliphatic heterocycles. The molecule has 0 saturated carbocycles. The number of methoxy groups -OCH3 is 1. The van der Waals surface area contributed by atoms with Gasteiger partial charge in [-0.05, 0) is 24.5 Å². The van der Waals surface area contributed by atoms with Crippen molar-refractivity contribution < 1.29 is 9.53 Å². The average molecular weight is 362 g/mol. The quantitative estimate of drug-likeness (QED) is 0.700. The fourth-order valence-electron chi connectivity index (χ4n) is 2.39. The highest BCUT2D eigenvalue weighted by molar-refractivity contribution is 7.98. The average Bonchev–Trinajstić information content (AvgIpc) is 3.15. The lowest BCUT2D eigenvalue weighted by molar-refractivity contribution is 0.0989. The molecular formula is C16H18N4O2S2. The number of amides is 1. The van der Waals surface area contributed by atoms with E-state index in [1.807, 2.05) is 18.2 Å². The number of rotatable bonds is 5. The van der Waals surface area contributed by atoms with Gasteiger partial charge in [0.05, 0.1) is 17.3 Å². The first kappa shape index (κ1) is 16.8. The van der Waals surface area contributed by atoms with Gasteiger partial charge in [-0.2, -0.15) is 21.9 Å². The number of thioether (sulfide) groups is 1. The Hall–Kier alpha value is -2.06. The van der Waals surface area contributed by atoms with Crippen LogP contribution < -0.4 is 9.54 Å². The molecule has 126 valence electrons. The standard InChI is InChI=1S/C16H18N4O2S2/c1-19-12(6-7-17-19)15(21)18-16-20(8-9-23-3)13-10-11(22-2)4-5-14(13)24-16/h4-7,10H,8-9H2,1-3H3. The van der Waals surface area contributed by atoms with Crippen LogP contribution in [0.3, 0.4) is 0 Å². The molecule has 0 bridgehead atoms. The van der Waals surface area contributed by atoms with Crippen LogP contribution in [0.5, 0.6) is 5.75 Å². The minimum absolute atomic E-state index is 0.286. The molecule has 8 heteroatoms. The molecule has 0 radical (unpaired) electrons. The number of hydrogen-bond acceptors (Lipinski definition) is 5. The lowest BCUT2D eigenvalue weighted by Crippen LogP contribution is -2.19. The molecule has 0 spiro atoms. The second-order valence-electron chi connectivity index (χ2n) is 5.12. The van der Waals surface area contributed by atoms with Gasteiger partial charge in [-0.25, -0.2) is 0 Å². The van der Waals surface area contributed by atoms with Crippen molar-refractivity contribution in [2.24, 2.45) is 12.0 Å². The predicted molar refractivity (Wildman–Crippen MR) is 97.9 cm³/mol. The molecule has 0 aliphatic rings. The zero-order valence-corrected chi connectivity index (χ0v) is 15.4. The predicted octanol–water partition coefficient (Wildman–Crippen LogP) is 2.55. The van der Waals surface area contributed by atoms with Gasteiger partial charge in [0.1, 0.15) is 11.4 Å². The fourth-order valence-corrected chi connectivity index (χ4v) is 3.79. The molecule has 2 heterocycles. The molecule has 0 saturated heterocycles. The van der Waals surface area contributed by atoms with Crippen LogP contribution in [0.4, 0.5) is 0 Å². The Morgan fingerprint density at radius 1 is 1.42 bits per heavy atom. The number of benzene rings is 1. The summed E-state index contributed by atoms with van der Waals surface area (Å²) in [6.07, 6.45) is 3.66. The summed E-state index contributed by atoms with van der Waals surface area (Å²) >= 11 is 3.26. The van der Waals surface area contributed by atoms with E-state index in [2.05, 4.69) is 20.9 Å². The molecular weight excluding hydrogens is 344 g/mol. The summed E-state index contributed by atoms with van der Waals surface area (Å²) in [6.45, 7) is 0.784. The second-order valence-corrected chi connectivity index (χ2v) is 7.11. The van der Waals surface area contributed by atoms with E-state index in [4.69, 9.17) is 4.74 Å². The van der Waals surface area contributed by atoms with Crippen LogP contribution >= 0.6 is 23.1 Å². The minimum atomic E-state index is -0.286. The van der Waals surface area contributed by atoms with Crippen LogP contribution in [-0.4, -0.2) is 39.4 Å². The number of nitrogens with zero attached hydrogens (tertiary/aromatic N) is 4. The summed E-state index contributed by atoms with van der Waals surface area (Å²) in [6, 6.07) is 7.58. The van der Waals surface area contributed by atoms with Crippen molar-refractivity contribution in [1.29, 1.82) is 0 Å². The molecule has 1 aromatic carbocycles. The summed E-state index contributed by atoms with van der Waals surface area (Å²) in [5, 5.41) is 4.03. The van der Waals surface area contributed by atoms with Crippen molar-refractivity contribution in [3.05, 3.63) is 41.0 Å². The van der Waals surface area contributed by atoms with E-state index in [-0.39, 0.29) is 5.91 Å². The summed E-state index contributed by atoms with van der Waals surface area (Å²) < 4.78 is 10.0. The van der Waals surface area contributed by atoms with Crippen molar-refractivity contribution in [3.63, 3.8) is 0 Å². The lowest BCUT2D eigenvalue weighted by atomic mass is 10.3. The van der Waals surface area contributed by atoms with Crippen LogP contribution in [0.25, 0.3) is 10.2 Å². The van der Waals surface area contributed by atoms with Crippen LogP contribution in [-0.2, 0) is 13.6 Å². The fraction of sp³-hybridized carbons (Fsp3) is 0.312. The number of carbonyl (C=O) groups is 1. The highest BCUT2D eigenvalue weighted by atomic mass is 32.2. The highest BCUT2D eigenvalue weighted by Gasteiger charge is 2.12. The molecule has 24 heavy (non-hydrogen) atoms. The largest absolute Gasteiger partial charge is 0.497 e. The second kappa shape index (κ2) is 7.23. The third kappa shape index (κ3) is 3.25. The van der Waals surface area contributed by atoms with Gasteiger partial charge in [-0.1, -0.05) is 11.3 Å². The maximum absolute atomic E-state index is 12.5. The molecule has 0 unspecified atom stereocenters. The maximum atomic E-state index is 12.5. The summed E-state index contributed by atoms with van der Waals surface area (Å²) in [5.74, 6) is 1.45. The van der Waals surface area contributed by atoms with Crippen LogP contribution in [0.2, 0.25) is 0 Å². The van der Waals surface area contributed by atoms with Gasteiger partial charge >= 0.3 is 0 Å². The van der Waals surface area contributed by atoms with E-state index in [1.54, 1.807) is 38.2 Å². The van der Waals surface area contributed by atoms with Crippen molar-refractivity contribution in [2.75, 3.05) is 19.1 Å². The van der Waals surface area contributed by atoms with Gasteiger partial charge in [-0.3, -0.25) is 9.48 Å². The van der Waals surface area contributed by atoms with E-state index >= 15 is 0 Å². The van der Waals surface area contributed by atoms with Gasteiger partial charge in [0.2, 0.25) is 0 Å². The first-order valence-electron chi connectivity index (χ1n) is 7.37. The molecule has 0 atom stereocenters. The van der Waals surface area contributed by atoms with Crippen molar-refractivity contribution in [1.82, 2.24) is 14.3 Å². The maximum Gasteiger partial charge on any atom is 0.297 e. The molecule has 1 amide bonds. The Bertz CT molecular complexity index is 939. The van der Waals surface area contributed by atoms with Crippen LogP contribution in [0.1, 0.15) is 10.5 Å². The molecule has 0 fully saturated rings. The van der Waals surface area contributed by atoms with Gasteiger partial charge in [-0.15, -0.1) is 0 Å². The first-order valence-corrected chi connectivity index (χ1v) is 9.58. The number of ether oxygens (including phenoxy) is 1. The topological polar surface area (TPSA) is 61.4 Å². The zero-order chi connectivity index (χ0) is 17.1. The molecule has 0 N–H and O–H groups in total. The van der Waals surface area contributed by atoms with Gasteiger partial charge in [0.15, 0.2) is 4.80 Å². The summed E-state index contributed by atoms with van der Waals surface area (Å²) in [7, 11) is 3.39. The third-order valence-corrected chi connectivity index (χ3v) is 5.30. The van der Waals surface area contributed by atoms with E-state index in [9.17, 15) is 4.79 Å². The van der Waals surface area contributed by atoms with Gasteiger partial charge < -0.3 is 9.30 Å². The molecule has 0 aliphatic carbocycles. The van der Waals surface area contributed by atoms with E-state index < -0.39 is 0 Å². The SMILES string of the molecule is COc1ccc2sc(=NC(=O)c3ccnn3C)n(CCSC)c2c1. The Morgan fingerprint density at radius 2 is 2.25 bits per heavy atom. The highest BCUT2D eigenvalue weighted by Crippen LogP contribution is 2.23. The number of carbonyl (C=O) groups excluding carboxylic acids is 1. The van der Waals surface area contributed by atoms with Crippen molar-refractivity contribution in [2.45, 2.75) is 6.54 Å². The van der Waals surface area contributed by atoms with Crippen molar-refractivity contribution >= 4 is 39.2 Å². The Balaban J connectivity index is 2.13. The van der Waals surface area contributed by atoms with Gasteiger partial charge in [0.25, 0.3) is 5.91 Å². The lowest BCUT2D eigenvalue weighted by Gasteiger charge is -2.05. The monoisotopic (exact) mass is 362 g/mol. The third-order valence-electron chi connectivity index (χ3n) is 3.65. The minimum Gasteiger partial charge on any atom is -0.497 e. The zero-order valence-electron chi connectivity index (χ0n) is 13.7.